The van der Waals surface area contributed by atoms with Crippen LogP contribution in [0.4, 0.5) is 0 Å². The summed E-state index contributed by atoms with van der Waals surface area (Å²) in [5, 5.41) is 1.09. The Labute approximate surface area is 127 Å². The Kier molecular flexibility index (Phi) is 4.03. The number of rotatable bonds is 4. The van der Waals surface area contributed by atoms with E-state index in [1.54, 1.807) is 6.20 Å². The molecule has 0 aliphatic heterocycles. The molecule has 0 unspecified atom stereocenters. The van der Waals surface area contributed by atoms with E-state index in [0.29, 0.717) is 17.9 Å². The molecule has 4 nitrogen and oxygen atoms in total. The molecule has 0 amide bonds. The van der Waals surface area contributed by atoms with Crippen molar-refractivity contribution in [2.45, 2.75) is 13.5 Å². The van der Waals surface area contributed by atoms with Gasteiger partial charge in [-0.05, 0) is 19.1 Å². The van der Waals surface area contributed by atoms with Crippen LogP contribution in [-0.2, 0) is 11.3 Å². The zero-order valence-corrected chi connectivity index (χ0v) is 12.5. The minimum Gasteiger partial charge on any atom is -0.374 e. The van der Waals surface area contributed by atoms with Gasteiger partial charge < -0.3 is 9.72 Å². The van der Waals surface area contributed by atoms with E-state index >= 15 is 0 Å². The van der Waals surface area contributed by atoms with Crippen molar-refractivity contribution >= 4 is 23.1 Å². The van der Waals surface area contributed by atoms with Crippen molar-refractivity contribution in [1.29, 1.82) is 0 Å². The van der Waals surface area contributed by atoms with Gasteiger partial charge in [0.1, 0.15) is 17.1 Å². The van der Waals surface area contributed by atoms with E-state index in [0.717, 1.165) is 28.0 Å². The average molecular weight is 297 g/mol. The molecule has 0 bridgehead atoms. The number of ether oxygens (including phenoxy) is 1. The lowest BCUT2D eigenvalue weighted by atomic mass is 10.1. The Balaban J connectivity index is 2.14. The maximum atomic E-state index is 5.40. The Morgan fingerprint density at radius 2 is 2.10 bits per heavy atom. The van der Waals surface area contributed by atoms with Crippen molar-refractivity contribution in [1.82, 2.24) is 15.0 Å². The summed E-state index contributed by atoms with van der Waals surface area (Å²) < 4.78 is 5.94. The molecule has 2 heterocycles. The molecule has 0 aliphatic carbocycles. The summed E-state index contributed by atoms with van der Waals surface area (Å²) in [6.45, 7) is 3.02. The van der Waals surface area contributed by atoms with E-state index in [4.69, 9.17) is 17.0 Å². The smallest absolute Gasteiger partial charge is 0.134 e. The van der Waals surface area contributed by atoms with Crippen LogP contribution in [-0.4, -0.2) is 21.6 Å². The van der Waals surface area contributed by atoms with Gasteiger partial charge in [0.05, 0.1) is 11.2 Å². The van der Waals surface area contributed by atoms with Gasteiger partial charge in [-0.15, -0.1) is 0 Å². The van der Waals surface area contributed by atoms with Crippen molar-refractivity contribution < 1.29 is 4.74 Å². The molecule has 0 aliphatic rings. The van der Waals surface area contributed by atoms with Gasteiger partial charge in [-0.1, -0.05) is 36.5 Å². The number of nitrogens with zero attached hydrogens (tertiary/aromatic N) is 2. The second-order valence-electron chi connectivity index (χ2n) is 4.60. The zero-order chi connectivity index (χ0) is 14.7. The summed E-state index contributed by atoms with van der Waals surface area (Å²) in [5.41, 5.74) is 2.87. The van der Waals surface area contributed by atoms with Crippen molar-refractivity contribution in [3.63, 3.8) is 0 Å². The summed E-state index contributed by atoms with van der Waals surface area (Å²) in [7, 11) is 0. The van der Waals surface area contributed by atoms with Crippen molar-refractivity contribution in [2.75, 3.05) is 6.61 Å². The molecule has 2 aromatic heterocycles. The standard InChI is InChI=1S/C16H15N3OS/c1-2-20-10-14-18-13(9-15(21)19-14)12-7-3-5-11-6-4-8-17-16(11)12/h3-9H,2,10H2,1H3,(H,18,19,21). The fourth-order valence-corrected chi connectivity index (χ4v) is 2.47. The van der Waals surface area contributed by atoms with Gasteiger partial charge >= 0.3 is 0 Å². The monoisotopic (exact) mass is 297 g/mol. The maximum Gasteiger partial charge on any atom is 0.134 e. The van der Waals surface area contributed by atoms with Crippen LogP contribution in [0.25, 0.3) is 22.2 Å². The number of hydrogen-bond donors (Lipinski definition) is 1. The number of aromatic amines is 1. The highest BCUT2D eigenvalue weighted by Crippen LogP contribution is 2.25. The molecule has 1 N–H and O–H groups in total. The number of benzene rings is 1. The number of hydrogen-bond acceptors (Lipinski definition) is 4. The van der Waals surface area contributed by atoms with Crippen molar-refractivity contribution in [2.24, 2.45) is 0 Å². The quantitative estimate of drug-likeness (QED) is 0.742. The van der Waals surface area contributed by atoms with Crippen LogP contribution < -0.4 is 0 Å². The van der Waals surface area contributed by atoms with Gasteiger partial charge in [0.2, 0.25) is 0 Å². The second kappa shape index (κ2) is 6.11. The van der Waals surface area contributed by atoms with Gasteiger partial charge in [0.15, 0.2) is 0 Å². The highest BCUT2D eigenvalue weighted by molar-refractivity contribution is 7.71. The number of para-hydroxylation sites is 1. The Morgan fingerprint density at radius 1 is 1.24 bits per heavy atom. The third-order valence-electron chi connectivity index (χ3n) is 3.16. The van der Waals surface area contributed by atoms with E-state index in [2.05, 4.69) is 15.0 Å². The molecular weight excluding hydrogens is 282 g/mol. The van der Waals surface area contributed by atoms with E-state index in [-0.39, 0.29) is 0 Å². The van der Waals surface area contributed by atoms with Crippen molar-refractivity contribution in [3.8, 4) is 11.3 Å². The van der Waals surface area contributed by atoms with Crippen molar-refractivity contribution in [3.05, 3.63) is 53.1 Å². The third kappa shape index (κ3) is 2.99. The highest BCUT2D eigenvalue weighted by atomic mass is 32.1. The SMILES string of the molecule is CCOCc1nc(=S)cc(-c2cccc3cccnc23)[nH]1. The molecule has 0 spiro atoms. The molecular formula is C16H15N3OS. The lowest BCUT2D eigenvalue weighted by Gasteiger charge is -2.08. The minimum atomic E-state index is 0.423. The predicted molar refractivity (Wildman–Crippen MR) is 85.5 cm³/mol. The first kappa shape index (κ1) is 13.9. The average Bonchev–Trinajstić information content (AvgIpc) is 2.52. The number of aromatic nitrogens is 3. The largest absolute Gasteiger partial charge is 0.374 e. The molecule has 0 fully saturated rings. The zero-order valence-electron chi connectivity index (χ0n) is 11.7. The van der Waals surface area contributed by atoms with Crippen LogP contribution in [0.15, 0.2) is 42.6 Å². The van der Waals surface area contributed by atoms with E-state index < -0.39 is 0 Å². The second-order valence-corrected chi connectivity index (χ2v) is 5.02. The molecule has 3 aromatic rings. The van der Waals surface area contributed by atoms with Crippen LogP contribution in [0.2, 0.25) is 0 Å². The molecule has 21 heavy (non-hydrogen) atoms. The summed E-state index contributed by atoms with van der Waals surface area (Å²) in [4.78, 5) is 12.0. The molecule has 1 aromatic carbocycles. The fourth-order valence-electron chi connectivity index (χ4n) is 2.24. The van der Waals surface area contributed by atoms with E-state index in [9.17, 15) is 0 Å². The summed E-state index contributed by atoms with van der Waals surface area (Å²) >= 11 is 5.25. The number of H-pyrrole nitrogens is 1. The summed E-state index contributed by atoms with van der Waals surface area (Å²) in [6.07, 6.45) is 1.79. The lowest BCUT2D eigenvalue weighted by Crippen LogP contribution is -2.01. The molecule has 0 radical (unpaired) electrons. The fraction of sp³-hybridized carbons (Fsp3) is 0.188. The normalized spacial score (nSPS) is 10.9. The molecule has 0 saturated heterocycles. The highest BCUT2D eigenvalue weighted by Gasteiger charge is 2.07. The number of pyridine rings is 1. The number of nitrogens with one attached hydrogen (secondary N) is 1. The molecule has 106 valence electrons. The topological polar surface area (TPSA) is 50.8 Å². The Bertz CT molecular complexity index is 824. The predicted octanol–water partition coefficient (Wildman–Crippen LogP) is 3.89. The van der Waals surface area contributed by atoms with Crippen LogP contribution >= 0.6 is 12.2 Å². The van der Waals surface area contributed by atoms with E-state index in [1.807, 2.05) is 43.3 Å². The minimum absolute atomic E-state index is 0.423. The van der Waals surface area contributed by atoms with Gasteiger partial charge in [-0.3, -0.25) is 4.98 Å². The van der Waals surface area contributed by atoms with Gasteiger partial charge in [0, 0.05) is 23.8 Å². The van der Waals surface area contributed by atoms with Crippen LogP contribution in [0.5, 0.6) is 0 Å². The Hall–Kier alpha value is -2.11. The first-order valence-electron chi connectivity index (χ1n) is 6.80. The molecule has 0 atom stereocenters. The van der Waals surface area contributed by atoms with Gasteiger partial charge in [-0.2, -0.15) is 0 Å². The third-order valence-corrected chi connectivity index (χ3v) is 3.37. The van der Waals surface area contributed by atoms with Crippen LogP contribution in [0.1, 0.15) is 12.7 Å². The first-order chi connectivity index (χ1) is 10.3. The van der Waals surface area contributed by atoms with Gasteiger partial charge in [-0.25, -0.2) is 4.98 Å². The summed E-state index contributed by atoms with van der Waals surface area (Å²) in [6, 6.07) is 11.9. The molecule has 0 saturated carbocycles. The number of fused-ring (bicyclic) bond motifs is 1. The molecule has 3 rings (SSSR count). The van der Waals surface area contributed by atoms with Gasteiger partial charge in [0.25, 0.3) is 0 Å². The maximum absolute atomic E-state index is 5.40. The lowest BCUT2D eigenvalue weighted by molar-refractivity contribution is 0.128. The van der Waals surface area contributed by atoms with E-state index in [1.165, 1.54) is 0 Å². The van der Waals surface area contributed by atoms with Crippen LogP contribution in [0.3, 0.4) is 0 Å². The Morgan fingerprint density at radius 3 is 2.95 bits per heavy atom. The first-order valence-corrected chi connectivity index (χ1v) is 7.21. The van der Waals surface area contributed by atoms with Crippen LogP contribution in [0, 0.1) is 4.64 Å². The molecule has 5 heteroatoms. The summed E-state index contributed by atoms with van der Waals surface area (Å²) in [5.74, 6) is 0.729.